The van der Waals surface area contributed by atoms with Gasteiger partial charge in [0.05, 0.1) is 16.1 Å². The van der Waals surface area contributed by atoms with Crippen LogP contribution in [0.1, 0.15) is 11.1 Å². The molecular formula is C22H15NO2S. The Balaban J connectivity index is 2.00. The number of sulfone groups is 1. The lowest BCUT2D eigenvalue weighted by Crippen LogP contribution is -2.16. The average Bonchev–Trinajstić information content (AvgIpc) is 3.10. The van der Waals surface area contributed by atoms with Crippen LogP contribution in [0.5, 0.6) is 0 Å². The molecule has 4 heteroatoms. The van der Waals surface area contributed by atoms with Gasteiger partial charge in [0.1, 0.15) is 4.91 Å². The molecule has 0 bridgehead atoms. The Bertz CT molecular complexity index is 1270. The van der Waals surface area contributed by atoms with E-state index in [2.05, 4.69) is 0 Å². The van der Waals surface area contributed by atoms with Crippen LogP contribution in [0, 0.1) is 0 Å². The number of nitrogens with zero attached hydrogens (tertiary/aromatic N) is 1. The first kappa shape index (κ1) is 15.2. The fraction of sp³-hybridized carbons (Fsp3) is 0. The maximum atomic E-state index is 13.6. The van der Waals surface area contributed by atoms with Gasteiger partial charge in [0, 0.05) is 11.6 Å². The molecule has 0 radical (unpaired) electrons. The van der Waals surface area contributed by atoms with Gasteiger partial charge >= 0.3 is 0 Å². The summed E-state index contributed by atoms with van der Waals surface area (Å²) in [5.41, 5.74) is 3.01. The molecule has 0 saturated carbocycles. The monoisotopic (exact) mass is 357 g/mol. The van der Waals surface area contributed by atoms with Crippen LogP contribution in [0.25, 0.3) is 21.5 Å². The van der Waals surface area contributed by atoms with Gasteiger partial charge in [-0.1, -0.05) is 72.8 Å². The van der Waals surface area contributed by atoms with E-state index in [1.807, 2.05) is 83.6 Å². The van der Waals surface area contributed by atoms with Crippen molar-refractivity contribution >= 4 is 31.3 Å². The summed E-state index contributed by atoms with van der Waals surface area (Å²) in [6.45, 7) is 0. The van der Waals surface area contributed by atoms with E-state index in [0.717, 1.165) is 16.5 Å². The molecule has 126 valence electrons. The molecule has 0 spiro atoms. The van der Waals surface area contributed by atoms with Gasteiger partial charge in [-0.3, -0.25) is 0 Å². The number of rotatable bonds is 2. The van der Waals surface area contributed by atoms with Gasteiger partial charge in [-0.05, 0) is 23.3 Å². The molecule has 0 N–H and O–H groups in total. The maximum absolute atomic E-state index is 13.6. The Morgan fingerprint density at radius 3 is 2.00 bits per heavy atom. The van der Waals surface area contributed by atoms with Crippen LogP contribution in [0.15, 0.2) is 96.0 Å². The van der Waals surface area contributed by atoms with E-state index < -0.39 is 9.84 Å². The first-order chi connectivity index (χ1) is 12.7. The first-order valence-electron chi connectivity index (χ1n) is 8.38. The van der Waals surface area contributed by atoms with Crippen molar-refractivity contribution in [3.8, 4) is 0 Å². The highest BCUT2D eigenvalue weighted by molar-refractivity contribution is 8.01. The molecule has 0 fully saturated rings. The Morgan fingerprint density at radius 2 is 1.31 bits per heavy atom. The van der Waals surface area contributed by atoms with Crippen molar-refractivity contribution in [1.82, 2.24) is 4.57 Å². The van der Waals surface area contributed by atoms with Crippen LogP contribution in [-0.2, 0) is 9.84 Å². The molecule has 0 saturated heterocycles. The molecule has 26 heavy (non-hydrogen) atoms. The Morgan fingerprint density at radius 1 is 0.654 bits per heavy atom. The molecule has 2 heterocycles. The first-order valence-corrected chi connectivity index (χ1v) is 9.87. The van der Waals surface area contributed by atoms with Gasteiger partial charge in [0.25, 0.3) is 0 Å². The van der Waals surface area contributed by atoms with Crippen LogP contribution in [0.2, 0.25) is 0 Å². The van der Waals surface area contributed by atoms with E-state index in [1.165, 1.54) is 0 Å². The molecule has 0 atom stereocenters. The van der Waals surface area contributed by atoms with E-state index in [0.29, 0.717) is 21.1 Å². The molecule has 0 amide bonds. The molecule has 5 rings (SSSR count). The minimum Gasteiger partial charge on any atom is -0.313 e. The van der Waals surface area contributed by atoms with Crippen LogP contribution in [-0.4, -0.2) is 13.0 Å². The molecule has 0 unspecified atom stereocenters. The summed E-state index contributed by atoms with van der Waals surface area (Å²) in [7, 11) is -3.65. The van der Waals surface area contributed by atoms with Gasteiger partial charge in [-0.15, -0.1) is 0 Å². The number of para-hydroxylation sites is 1. The van der Waals surface area contributed by atoms with Crippen molar-refractivity contribution in [3.05, 3.63) is 102 Å². The maximum Gasteiger partial charge on any atom is 0.211 e. The molecule has 4 aromatic rings. The highest BCUT2D eigenvalue weighted by Gasteiger charge is 2.34. The van der Waals surface area contributed by atoms with Crippen LogP contribution in [0.4, 0.5) is 0 Å². The van der Waals surface area contributed by atoms with Gasteiger partial charge in [0.15, 0.2) is 0 Å². The van der Waals surface area contributed by atoms with Crippen LogP contribution < -0.4 is 0 Å². The van der Waals surface area contributed by atoms with Crippen molar-refractivity contribution in [2.24, 2.45) is 0 Å². The summed E-state index contributed by atoms with van der Waals surface area (Å²) in [5.74, 6) is 0. The van der Waals surface area contributed by atoms with Crippen molar-refractivity contribution in [2.75, 3.05) is 0 Å². The Hall–Kier alpha value is -3.11. The molecule has 0 aliphatic carbocycles. The van der Waals surface area contributed by atoms with E-state index in [9.17, 15) is 8.42 Å². The van der Waals surface area contributed by atoms with Gasteiger partial charge < -0.3 is 4.57 Å². The zero-order valence-corrected chi connectivity index (χ0v) is 14.6. The van der Waals surface area contributed by atoms with E-state index in [1.54, 1.807) is 12.1 Å². The fourth-order valence-electron chi connectivity index (χ4n) is 3.66. The third-order valence-corrected chi connectivity index (χ3v) is 6.65. The van der Waals surface area contributed by atoms with Gasteiger partial charge in [-0.2, -0.15) is 0 Å². The van der Waals surface area contributed by atoms with Crippen molar-refractivity contribution in [1.29, 1.82) is 0 Å². The summed E-state index contributed by atoms with van der Waals surface area (Å²) in [6.07, 6.45) is 1.95. The number of hydrogen-bond acceptors (Lipinski definition) is 2. The van der Waals surface area contributed by atoms with Crippen molar-refractivity contribution < 1.29 is 8.42 Å². The third-order valence-electron chi connectivity index (χ3n) is 4.77. The molecule has 1 aromatic heterocycles. The summed E-state index contributed by atoms with van der Waals surface area (Å²) >= 11 is 0. The third kappa shape index (κ3) is 2.02. The number of hydrogen-bond donors (Lipinski definition) is 0. The van der Waals surface area contributed by atoms with Gasteiger partial charge in [0.2, 0.25) is 9.84 Å². The topological polar surface area (TPSA) is 39.1 Å². The predicted octanol–water partition coefficient (Wildman–Crippen LogP) is 4.80. The van der Waals surface area contributed by atoms with Crippen molar-refractivity contribution in [2.45, 2.75) is 4.90 Å². The number of aromatic nitrogens is 1. The molecule has 1 aliphatic heterocycles. The Kier molecular flexibility index (Phi) is 3.18. The lowest BCUT2D eigenvalue weighted by molar-refractivity contribution is 0.606. The highest BCUT2D eigenvalue weighted by atomic mass is 32.2. The second kappa shape index (κ2) is 5.44. The van der Waals surface area contributed by atoms with Gasteiger partial charge in [-0.25, -0.2) is 8.42 Å². The second-order valence-corrected chi connectivity index (χ2v) is 8.15. The smallest absolute Gasteiger partial charge is 0.211 e. The lowest BCUT2D eigenvalue weighted by Gasteiger charge is -2.24. The number of benzene rings is 3. The minimum atomic E-state index is -3.65. The second-order valence-electron chi connectivity index (χ2n) is 6.29. The summed E-state index contributed by atoms with van der Waals surface area (Å²) < 4.78 is 29.2. The zero-order chi connectivity index (χ0) is 17.7. The predicted molar refractivity (Wildman–Crippen MR) is 104 cm³/mol. The molecule has 3 aromatic carbocycles. The highest BCUT2D eigenvalue weighted by Crippen LogP contribution is 2.43. The average molecular weight is 357 g/mol. The summed E-state index contributed by atoms with van der Waals surface area (Å²) in [5, 5.41) is 0.923. The van der Waals surface area contributed by atoms with E-state index in [4.69, 9.17) is 0 Å². The normalized spacial score (nSPS) is 15.4. The molecular weight excluding hydrogens is 342 g/mol. The lowest BCUT2D eigenvalue weighted by atomic mass is 10.1. The minimum absolute atomic E-state index is 0.348. The molecule has 1 aliphatic rings. The van der Waals surface area contributed by atoms with Crippen LogP contribution >= 0.6 is 0 Å². The quantitative estimate of drug-likeness (QED) is 0.517. The zero-order valence-electron chi connectivity index (χ0n) is 13.8. The van der Waals surface area contributed by atoms with E-state index in [-0.39, 0.29) is 0 Å². The Labute approximate surface area is 151 Å². The van der Waals surface area contributed by atoms with E-state index >= 15 is 0 Å². The standard InChI is InChI=1S/C22H15NO2S/c24-26(25)19-13-7-12-17-14-15-23(20(17)19)21(16-8-3-1-4-9-16)22(26)18-10-5-2-6-11-18/h1-15H. The SMILES string of the molecule is O=S1(=O)C(c2ccccc2)=C(c2ccccc2)n2ccc3cccc1c32. The molecule has 3 nitrogen and oxygen atoms in total. The largest absolute Gasteiger partial charge is 0.313 e. The van der Waals surface area contributed by atoms with Crippen LogP contribution in [0.3, 0.4) is 0 Å². The summed E-state index contributed by atoms with van der Waals surface area (Å²) in [4.78, 5) is 0.707. The van der Waals surface area contributed by atoms with Crippen molar-refractivity contribution in [3.63, 3.8) is 0 Å². The fourth-order valence-corrected chi connectivity index (χ4v) is 5.52. The summed E-state index contributed by atoms with van der Waals surface area (Å²) in [6, 6.07) is 26.4.